The third-order valence-corrected chi connectivity index (χ3v) is 4.44. The van der Waals surface area contributed by atoms with E-state index in [1.165, 1.54) is 12.1 Å². The standard InChI is InChI=1S/C19H18ClNO4/c1-3-24-18(23)19(15-10-9-14(22)11-16(15)20)12(2)25-17(21-19)13-7-5-4-6-8-13/h4-12,22H,3H2,1-2H3/t12-,19+/m0/s1. The van der Waals surface area contributed by atoms with Gasteiger partial charge in [0.15, 0.2) is 0 Å². The van der Waals surface area contributed by atoms with Crippen molar-refractivity contribution in [2.75, 3.05) is 6.61 Å². The fourth-order valence-electron chi connectivity index (χ4n) is 2.90. The van der Waals surface area contributed by atoms with Crippen LogP contribution in [-0.2, 0) is 19.8 Å². The van der Waals surface area contributed by atoms with Gasteiger partial charge in [0.2, 0.25) is 11.4 Å². The molecule has 0 aliphatic carbocycles. The van der Waals surface area contributed by atoms with Gasteiger partial charge in [-0.3, -0.25) is 0 Å². The summed E-state index contributed by atoms with van der Waals surface area (Å²) in [5.41, 5.74) is -0.231. The molecule has 0 amide bonds. The van der Waals surface area contributed by atoms with E-state index in [9.17, 15) is 9.90 Å². The second kappa shape index (κ2) is 6.76. The number of halogens is 1. The van der Waals surface area contributed by atoms with Gasteiger partial charge in [0, 0.05) is 11.1 Å². The Morgan fingerprint density at radius 1 is 1.32 bits per heavy atom. The summed E-state index contributed by atoms with van der Waals surface area (Å²) < 4.78 is 11.2. The molecule has 0 spiro atoms. The molecular formula is C19H18ClNO4. The zero-order valence-corrected chi connectivity index (χ0v) is 14.7. The third-order valence-electron chi connectivity index (χ3n) is 4.13. The van der Waals surface area contributed by atoms with Crippen LogP contribution < -0.4 is 0 Å². The first-order chi connectivity index (χ1) is 12.0. The monoisotopic (exact) mass is 359 g/mol. The number of phenols is 1. The zero-order valence-electron chi connectivity index (χ0n) is 13.9. The third kappa shape index (κ3) is 2.96. The van der Waals surface area contributed by atoms with Crippen molar-refractivity contribution in [2.45, 2.75) is 25.5 Å². The molecule has 1 heterocycles. The lowest BCUT2D eigenvalue weighted by Crippen LogP contribution is -2.43. The minimum atomic E-state index is -1.42. The van der Waals surface area contributed by atoms with E-state index in [0.717, 1.165) is 5.56 Å². The minimum absolute atomic E-state index is 0.00610. The van der Waals surface area contributed by atoms with E-state index in [4.69, 9.17) is 21.1 Å². The number of benzene rings is 2. The number of aliphatic imine (C=N–C) groups is 1. The average Bonchev–Trinajstić information content (AvgIpc) is 2.94. The Balaban J connectivity index is 2.18. The Bertz CT molecular complexity index is 821. The summed E-state index contributed by atoms with van der Waals surface area (Å²) in [5.74, 6) is -0.182. The summed E-state index contributed by atoms with van der Waals surface area (Å²) in [6.07, 6.45) is -0.621. The molecule has 0 saturated heterocycles. The molecule has 0 saturated carbocycles. The number of aromatic hydroxyl groups is 1. The van der Waals surface area contributed by atoms with Gasteiger partial charge in [-0.15, -0.1) is 0 Å². The molecule has 5 nitrogen and oxygen atoms in total. The molecule has 0 fully saturated rings. The van der Waals surface area contributed by atoms with E-state index in [1.54, 1.807) is 19.9 Å². The maximum atomic E-state index is 12.9. The van der Waals surface area contributed by atoms with Gasteiger partial charge in [-0.05, 0) is 38.1 Å². The van der Waals surface area contributed by atoms with E-state index in [-0.39, 0.29) is 17.4 Å². The van der Waals surface area contributed by atoms with Crippen molar-refractivity contribution in [1.82, 2.24) is 0 Å². The van der Waals surface area contributed by atoms with Crippen LogP contribution in [0, 0.1) is 0 Å². The number of ether oxygens (including phenoxy) is 2. The van der Waals surface area contributed by atoms with Crippen LogP contribution in [0.2, 0.25) is 5.02 Å². The van der Waals surface area contributed by atoms with Crippen molar-refractivity contribution in [3.8, 4) is 5.75 Å². The van der Waals surface area contributed by atoms with Crippen molar-refractivity contribution in [3.63, 3.8) is 0 Å². The normalized spacial score (nSPS) is 22.2. The largest absolute Gasteiger partial charge is 0.508 e. The van der Waals surface area contributed by atoms with Gasteiger partial charge in [0.1, 0.15) is 11.9 Å². The van der Waals surface area contributed by atoms with E-state index >= 15 is 0 Å². The number of carbonyl (C=O) groups excluding carboxylic acids is 1. The molecule has 3 rings (SSSR count). The number of hydrogen-bond acceptors (Lipinski definition) is 5. The minimum Gasteiger partial charge on any atom is -0.508 e. The highest BCUT2D eigenvalue weighted by Crippen LogP contribution is 2.42. The number of hydrogen-bond donors (Lipinski definition) is 1. The van der Waals surface area contributed by atoms with Gasteiger partial charge in [-0.2, -0.15) is 0 Å². The molecule has 2 atom stereocenters. The molecule has 25 heavy (non-hydrogen) atoms. The Kier molecular flexibility index (Phi) is 4.68. The highest BCUT2D eigenvalue weighted by atomic mass is 35.5. The van der Waals surface area contributed by atoms with Crippen LogP contribution in [0.1, 0.15) is 25.0 Å². The van der Waals surface area contributed by atoms with E-state index < -0.39 is 17.6 Å². The molecule has 1 aliphatic rings. The molecule has 1 N–H and O–H groups in total. The van der Waals surface area contributed by atoms with Gasteiger partial charge < -0.3 is 14.6 Å². The van der Waals surface area contributed by atoms with Crippen LogP contribution in [0.15, 0.2) is 53.5 Å². The summed E-state index contributed by atoms with van der Waals surface area (Å²) in [6.45, 7) is 3.69. The summed E-state index contributed by atoms with van der Waals surface area (Å²) in [4.78, 5) is 17.5. The lowest BCUT2D eigenvalue weighted by atomic mass is 9.86. The van der Waals surface area contributed by atoms with E-state index in [1.807, 2.05) is 30.3 Å². The summed E-state index contributed by atoms with van der Waals surface area (Å²) >= 11 is 6.31. The molecule has 2 aromatic carbocycles. The van der Waals surface area contributed by atoms with Crippen molar-refractivity contribution >= 4 is 23.5 Å². The summed E-state index contributed by atoms with van der Waals surface area (Å²) in [7, 11) is 0. The van der Waals surface area contributed by atoms with Crippen LogP contribution in [0.3, 0.4) is 0 Å². The quantitative estimate of drug-likeness (QED) is 0.846. The van der Waals surface area contributed by atoms with Crippen LogP contribution in [-0.4, -0.2) is 29.7 Å². The molecule has 0 radical (unpaired) electrons. The molecule has 2 aromatic rings. The maximum Gasteiger partial charge on any atom is 0.342 e. The fourth-order valence-corrected chi connectivity index (χ4v) is 3.22. The molecule has 0 aromatic heterocycles. The fraction of sp³-hybridized carbons (Fsp3) is 0.263. The maximum absolute atomic E-state index is 12.9. The first kappa shape index (κ1) is 17.3. The van der Waals surface area contributed by atoms with Crippen molar-refractivity contribution in [3.05, 3.63) is 64.7 Å². The molecule has 0 bridgehead atoms. The number of nitrogens with zero attached hydrogens (tertiary/aromatic N) is 1. The number of carbonyl (C=O) groups is 1. The smallest absolute Gasteiger partial charge is 0.342 e. The Labute approximate surface area is 150 Å². The van der Waals surface area contributed by atoms with E-state index in [0.29, 0.717) is 11.5 Å². The van der Waals surface area contributed by atoms with Crippen LogP contribution >= 0.6 is 11.6 Å². The van der Waals surface area contributed by atoms with Crippen molar-refractivity contribution in [2.24, 2.45) is 4.99 Å². The molecule has 6 heteroatoms. The number of phenolic OH excluding ortho intramolecular Hbond substituents is 1. The van der Waals surface area contributed by atoms with Gasteiger partial charge in [-0.1, -0.05) is 35.9 Å². The summed E-state index contributed by atoms with van der Waals surface area (Å²) in [5, 5.41) is 9.86. The summed E-state index contributed by atoms with van der Waals surface area (Å²) in [6, 6.07) is 13.7. The molecular weight excluding hydrogens is 342 g/mol. The second-order valence-electron chi connectivity index (χ2n) is 5.69. The Hall–Kier alpha value is -2.53. The average molecular weight is 360 g/mol. The Morgan fingerprint density at radius 2 is 2.04 bits per heavy atom. The molecule has 0 unspecified atom stereocenters. The first-order valence-corrected chi connectivity index (χ1v) is 8.35. The highest BCUT2D eigenvalue weighted by molar-refractivity contribution is 6.32. The SMILES string of the molecule is CCOC(=O)[C@@]1(c2ccc(O)cc2Cl)N=C(c2ccccc2)O[C@H]1C. The molecule has 1 aliphatic heterocycles. The van der Waals surface area contributed by atoms with Gasteiger partial charge in [0.05, 0.1) is 11.6 Å². The topological polar surface area (TPSA) is 68.1 Å². The van der Waals surface area contributed by atoms with Crippen LogP contribution in [0.4, 0.5) is 0 Å². The first-order valence-electron chi connectivity index (χ1n) is 7.97. The predicted molar refractivity (Wildman–Crippen MR) is 95.0 cm³/mol. The Morgan fingerprint density at radius 3 is 2.68 bits per heavy atom. The lowest BCUT2D eigenvalue weighted by molar-refractivity contribution is -0.152. The van der Waals surface area contributed by atoms with Gasteiger partial charge in [-0.25, -0.2) is 9.79 Å². The van der Waals surface area contributed by atoms with Crippen LogP contribution in [0.25, 0.3) is 0 Å². The lowest BCUT2D eigenvalue weighted by Gasteiger charge is -2.28. The van der Waals surface area contributed by atoms with Crippen molar-refractivity contribution in [1.29, 1.82) is 0 Å². The second-order valence-corrected chi connectivity index (χ2v) is 6.10. The predicted octanol–water partition coefficient (Wildman–Crippen LogP) is 3.67. The number of esters is 1. The van der Waals surface area contributed by atoms with Crippen molar-refractivity contribution < 1.29 is 19.4 Å². The van der Waals surface area contributed by atoms with Crippen LogP contribution in [0.5, 0.6) is 5.75 Å². The number of rotatable bonds is 4. The van der Waals surface area contributed by atoms with Gasteiger partial charge >= 0.3 is 5.97 Å². The highest BCUT2D eigenvalue weighted by Gasteiger charge is 2.54. The van der Waals surface area contributed by atoms with E-state index in [2.05, 4.69) is 4.99 Å². The zero-order chi connectivity index (χ0) is 18.0. The molecule has 130 valence electrons. The van der Waals surface area contributed by atoms with Gasteiger partial charge in [0.25, 0.3) is 0 Å².